The van der Waals surface area contributed by atoms with Crippen molar-refractivity contribution in [2.45, 2.75) is 277 Å². The summed E-state index contributed by atoms with van der Waals surface area (Å²) in [5.74, 6) is -0.579. The predicted octanol–water partition coefficient (Wildman–Crippen LogP) is 16.2. The topological polar surface area (TPSA) is 72.8 Å². The van der Waals surface area contributed by atoms with E-state index in [1.54, 1.807) is 0 Å². The van der Waals surface area contributed by atoms with Gasteiger partial charge >= 0.3 is 11.9 Å². The number of hydrogen-bond acceptors (Lipinski definition) is 5. The highest BCUT2D eigenvalue weighted by molar-refractivity contribution is 5.70. The van der Waals surface area contributed by atoms with Crippen LogP contribution in [0.5, 0.6) is 0 Å². The van der Waals surface area contributed by atoms with E-state index >= 15 is 0 Å². The molecular weight excluding hydrogens is 693 g/mol. The van der Waals surface area contributed by atoms with Crippen molar-refractivity contribution in [2.24, 2.45) is 0 Å². The zero-order valence-electron chi connectivity index (χ0n) is 37.7. The van der Waals surface area contributed by atoms with E-state index in [9.17, 15) is 14.7 Å². The fourth-order valence-electron chi connectivity index (χ4n) is 7.43. The van der Waals surface area contributed by atoms with Crippen molar-refractivity contribution >= 4 is 11.9 Å². The first-order valence-corrected chi connectivity index (χ1v) is 24.9. The second-order valence-corrected chi connectivity index (χ2v) is 16.9. The Kier molecular flexibility index (Phi) is 46.4. The summed E-state index contributed by atoms with van der Waals surface area (Å²) >= 11 is 0. The molecular formula is C51H96O5. The molecule has 0 spiro atoms. The molecule has 0 unspecified atom stereocenters. The molecule has 0 saturated carbocycles. The van der Waals surface area contributed by atoms with Gasteiger partial charge in [0.1, 0.15) is 6.61 Å². The van der Waals surface area contributed by atoms with E-state index < -0.39 is 6.10 Å². The van der Waals surface area contributed by atoms with Crippen LogP contribution in [0.1, 0.15) is 271 Å². The quantitative estimate of drug-likeness (QED) is 0.0378. The van der Waals surface area contributed by atoms with Crippen molar-refractivity contribution in [2.75, 3.05) is 13.2 Å². The largest absolute Gasteiger partial charge is 0.462 e. The first-order chi connectivity index (χ1) is 27.6. The molecule has 0 aliphatic carbocycles. The van der Waals surface area contributed by atoms with Crippen molar-refractivity contribution in [3.63, 3.8) is 0 Å². The van der Waals surface area contributed by atoms with Crippen LogP contribution in [0.2, 0.25) is 0 Å². The molecule has 5 nitrogen and oxygen atoms in total. The van der Waals surface area contributed by atoms with Gasteiger partial charge in [0.25, 0.3) is 0 Å². The molecule has 0 rings (SSSR count). The van der Waals surface area contributed by atoms with Gasteiger partial charge in [0, 0.05) is 12.8 Å². The van der Waals surface area contributed by atoms with Gasteiger partial charge in [-0.25, -0.2) is 0 Å². The van der Waals surface area contributed by atoms with Crippen molar-refractivity contribution in [1.82, 2.24) is 0 Å². The maximum absolute atomic E-state index is 12.3. The normalized spacial score (nSPS) is 12.3. The summed E-state index contributed by atoms with van der Waals surface area (Å²) in [6.45, 7) is 4.17. The molecule has 0 bridgehead atoms. The maximum Gasteiger partial charge on any atom is 0.306 e. The number of hydrogen-bond donors (Lipinski definition) is 1. The number of carbonyl (C=O) groups is 2. The van der Waals surface area contributed by atoms with E-state index in [0.717, 1.165) is 38.5 Å². The van der Waals surface area contributed by atoms with Gasteiger partial charge in [0.15, 0.2) is 6.10 Å². The maximum atomic E-state index is 12.3. The lowest BCUT2D eigenvalue weighted by atomic mass is 10.0. The summed E-state index contributed by atoms with van der Waals surface area (Å²) in [4.78, 5) is 24.4. The lowest BCUT2D eigenvalue weighted by Gasteiger charge is -2.15. The van der Waals surface area contributed by atoms with Crippen molar-refractivity contribution in [3.8, 4) is 0 Å². The molecule has 1 N–H and O–H groups in total. The minimum absolute atomic E-state index is 0.0621. The van der Waals surface area contributed by atoms with E-state index in [-0.39, 0.29) is 25.2 Å². The Balaban J connectivity index is 3.47. The average Bonchev–Trinajstić information content (AvgIpc) is 3.20. The second kappa shape index (κ2) is 47.8. The fourth-order valence-corrected chi connectivity index (χ4v) is 7.43. The Hall–Kier alpha value is -1.62. The number of ether oxygens (including phenoxy) is 2. The molecule has 0 saturated heterocycles. The zero-order valence-corrected chi connectivity index (χ0v) is 37.7. The number of carbonyl (C=O) groups excluding carboxylic acids is 2. The highest BCUT2D eigenvalue weighted by atomic mass is 16.6. The third-order valence-corrected chi connectivity index (χ3v) is 11.2. The highest BCUT2D eigenvalue weighted by Gasteiger charge is 2.16. The molecule has 56 heavy (non-hydrogen) atoms. The number of rotatable bonds is 46. The molecule has 1 atom stereocenters. The zero-order chi connectivity index (χ0) is 40.7. The predicted molar refractivity (Wildman–Crippen MR) is 242 cm³/mol. The number of unbranched alkanes of at least 4 members (excludes halogenated alkanes) is 34. The Labute approximate surface area is 349 Å². The minimum Gasteiger partial charge on any atom is -0.462 e. The smallest absolute Gasteiger partial charge is 0.306 e. The van der Waals surface area contributed by atoms with Gasteiger partial charge in [0.05, 0.1) is 6.61 Å². The molecule has 0 amide bonds. The summed E-state index contributed by atoms with van der Waals surface area (Å²) in [6, 6.07) is 0. The summed E-state index contributed by atoms with van der Waals surface area (Å²) in [6.07, 6.45) is 58.4. The van der Waals surface area contributed by atoms with E-state index in [2.05, 4.69) is 38.2 Å². The average molecular weight is 789 g/mol. The van der Waals surface area contributed by atoms with Crippen molar-refractivity contribution < 1.29 is 24.2 Å². The van der Waals surface area contributed by atoms with Gasteiger partial charge in [-0.15, -0.1) is 0 Å². The van der Waals surface area contributed by atoms with Crippen LogP contribution in [0.3, 0.4) is 0 Å². The van der Waals surface area contributed by atoms with Gasteiger partial charge in [-0.2, -0.15) is 0 Å². The van der Waals surface area contributed by atoms with Gasteiger partial charge < -0.3 is 14.6 Å². The number of aliphatic hydroxyl groups is 1. The number of aliphatic hydroxyl groups excluding tert-OH is 1. The summed E-state index contributed by atoms with van der Waals surface area (Å²) in [7, 11) is 0. The molecule has 0 aromatic carbocycles. The van der Waals surface area contributed by atoms with Gasteiger partial charge in [-0.1, -0.05) is 218 Å². The van der Waals surface area contributed by atoms with Crippen molar-refractivity contribution in [1.29, 1.82) is 0 Å². The molecule has 0 heterocycles. The van der Waals surface area contributed by atoms with E-state index in [1.807, 2.05) is 0 Å². The van der Waals surface area contributed by atoms with E-state index in [0.29, 0.717) is 12.8 Å². The first kappa shape index (κ1) is 54.4. The molecule has 0 aromatic heterocycles. The number of esters is 2. The molecule has 0 aliphatic heterocycles. The standard InChI is InChI=1S/C51H96O5/c1-3-5-7-9-11-13-15-17-19-21-23-25-27-29-31-33-35-37-39-41-43-45-50(53)55-48-49(47-52)56-51(54)46-44-42-40-38-36-34-32-30-28-26-24-22-20-18-16-14-12-10-8-6-4-2/h17-20,49,52H,3-16,21-48H2,1-2H3/b19-17+,20-18+/t49-/m0/s1. The number of allylic oxidation sites excluding steroid dienone is 4. The van der Waals surface area contributed by atoms with Gasteiger partial charge in [-0.05, 0) is 64.2 Å². The van der Waals surface area contributed by atoms with Crippen LogP contribution in [0.15, 0.2) is 24.3 Å². The monoisotopic (exact) mass is 789 g/mol. The summed E-state index contributed by atoms with van der Waals surface area (Å²) in [5, 5.41) is 9.62. The SMILES string of the molecule is CCCCCCCC/C=C/CCCCCCCCCCCCCC(=O)OC[C@H](CO)OC(=O)CCCCCCCCCCCCC/C=C/CCCCCCCC. The van der Waals surface area contributed by atoms with Crippen LogP contribution < -0.4 is 0 Å². The van der Waals surface area contributed by atoms with Gasteiger partial charge in [-0.3, -0.25) is 9.59 Å². The Morgan fingerprint density at radius 2 is 0.661 bits per heavy atom. The summed E-state index contributed by atoms with van der Waals surface area (Å²) < 4.78 is 10.7. The Bertz CT molecular complexity index is 851. The van der Waals surface area contributed by atoms with Crippen molar-refractivity contribution in [3.05, 3.63) is 24.3 Å². The van der Waals surface area contributed by atoms with Crippen LogP contribution >= 0.6 is 0 Å². The Morgan fingerprint density at radius 1 is 0.393 bits per heavy atom. The second-order valence-electron chi connectivity index (χ2n) is 16.9. The van der Waals surface area contributed by atoms with E-state index in [4.69, 9.17) is 9.47 Å². The minimum atomic E-state index is -0.769. The molecule has 0 fully saturated rings. The Morgan fingerprint density at radius 3 is 0.964 bits per heavy atom. The third-order valence-electron chi connectivity index (χ3n) is 11.2. The molecule has 0 aromatic rings. The van der Waals surface area contributed by atoms with Crippen LogP contribution in [0, 0.1) is 0 Å². The fraction of sp³-hybridized carbons (Fsp3) is 0.882. The van der Waals surface area contributed by atoms with Crippen LogP contribution in [0.25, 0.3) is 0 Å². The van der Waals surface area contributed by atoms with Crippen LogP contribution in [-0.2, 0) is 19.1 Å². The molecule has 330 valence electrons. The third kappa shape index (κ3) is 45.1. The highest BCUT2D eigenvalue weighted by Crippen LogP contribution is 2.16. The lowest BCUT2D eigenvalue weighted by molar-refractivity contribution is -0.161. The molecule has 0 aliphatic rings. The molecule has 5 heteroatoms. The summed E-state index contributed by atoms with van der Waals surface area (Å²) in [5.41, 5.74) is 0. The lowest BCUT2D eigenvalue weighted by Crippen LogP contribution is -2.28. The van der Waals surface area contributed by atoms with Crippen LogP contribution in [-0.4, -0.2) is 36.4 Å². The van der Waals surface area contributed by atoms with E-state index in [1.165, 1.54) is 205 Å². The molecule has 0 radical (unpaired) electrons. The van der Waals surface area contributed by atoms with Gasteiger partial charge in [0.2, 0.25) is 0 Å². The first-order valence-electron chi connectivity index (χ1n) is 24.9. The van der Waals surface area contributed by atoms with Crippen LogP contribution in [0.4, 0.5) is 0 Å².